The Morgan fingerprint density at radius 3 is 2.10 bits per heavy atom. The molecule has 0 saturated carbocycles. The van der Waals surface area contributed by atoms with Gasteiger partial charge in [0.25, 0.3) is 5.82 Å². The SMILES string of the molecule is CS(=O)(=O)c1ccc(-n2nc(C(F)(F)F)nc2-c2ccccc2C(F)(F)F)nc1. The second-order valence-corrected chi connectivity index (χ2v) is 7.85. The Bertz CT molecular complexity index is 1150. The van der Waals surface area contributed by atoms with Crippen molar-refractivity contribution in [3.05, 3.63) is 54.0 Å². The number of halogens is 6. The lowest BCUT2D eigenvalue weighted by Gasteiger charge is -2.12. The number of rotatable bonds is 3. The van der Waals surface area contributed by atoms with Gasteiger partial charge in [-0.1, -0.05) is 18.2 Å². The molecular formula is C16H10F6N4O2S. The highest BCUT2D eigenvalue weighted by molar-refractivity contribution is 7.90. The van der Waals surface area contributed by atoms with Crippen molar-refractivity contribution in [3.63, 3.8) is 0 Å². The summed E-state index contributed by atoms with van der Waals surface area (Å²) < 4.78 is 103. The van der Waals surface area contributed by atoms with E-state index < -0.39 is 45.0 Å². The van der Waals surface area contributed by atoms with Gasteiger partial charge in [0.1, 0.15) is 0 Å². The van der Waals surface area contributed by atoms with Gasteiger partial charge in [0.2, 0.25) is 0 Å². The number of hydrogen-bond donors (Lipinski definition) is 0. The molecule has 2 heterocycles. The molecular weight excluding hydrogens is 426 g/mol. The van der Waals surface area contributed by atoms with Crippen LogP contribution in [-0.2, 0) is 22.2 Å². The number of sulfone groups is 1. The predicted molar refractivity (Wildman–Crippen MR) is 87.7 cm³/mol. The number of benzene rings is 1. The summed E-state index contributed by atoms with van der Waals surface area (Å²) in [4.78, 5) is 6.74. The largest absolute Gasteiger partial charge is 0.453 e. The van der Waals surface area contributed by atoms with Gasteiger partial charge in [-0.05, 0) is 18.2 Å². The average molecular weight is 436 g/mol. The van der Waals surface area contributed by atoms with Crippen LogP contribution in [0.4, 0.5) is 26.3 Å². The molecule has 0 atom stereocenters. The maximum atomic E-state index is 13.3. The lowest BCUT2D eigenvalue weighted by atomic mass is 10.1. The summed E-state index contributed by atoms with van der Waals surface area (Å²) in [7, 11) is -3.64. The summed E-state index contributed by atoms with van der Waals surface area (Å²) in [6.07, 6.45) is -8.13. The van der Waals surface area contributed by atoms with E-state index in [9.17, 15) is 34.8 Å². The van der Waals surface area contributed by atoms with E-state index in [4.69, 9.17) is 0 Å². The van der Waals surface area contributed by atoms with Crippen LogP contribution in [0.1, 0.15) is 11.4 Å². The van der Waals surface area contributed by atoms with Crippen LogP contribution in [0.5, 0.6) is 0 Å². The van der Waals surface area contributed by atoms with Crippen molar-refractivity contribution >= 4 is 9.84 Å². The number of alkyl halides is 6. The molecule has 154 valence electrons. The molecule has 0 aliphatic carbocycles. The smallest absolute Gasteiger partial charge is 0.236 e. The van der Waals surface area contributed by atoms with Crippen LogP contribution in [0.25, 0.3) is 17.2 Å². The fourth-order valence-corrected chi connectivity index (χ4v) is 2.97. The molecule has 13 heteroatoms. The van der Waals surface area contributed by atoms with Crippen LogP contribution in [0.2, 0.25) is 0 Å². The van der Waals surface area contributed by atoms with Crippen LogP contribution in [0.3, 0.4) is 0 Å². The van der Waals surface area contributed by atoms with E-state index in [0.717, 1.165) is 36.7 Å². The minimum absolute atomic E-state index is 0.227. The third kappa shape index (κ3) is 4.23. The molecule has 2 aromatic heterocycles. The molecule has 0 spiro atoms. The Balaban J connectivity index is 2.26. The lowest BCUT2D eigenvalue weighted by molar-refractivity contribution is -0.144. The topological polar surface area (TPSA) is 77.7 Å². The van der Waals surface area contributed by atoms with Crippen molar-refractivity contribution < 1.29 is 34.8 Å². The Morgan fingerprint density at radius 1 is 0.931 bits per heavy atom. The first-order valence-corrected chi connectivity index (χ1v) is 9.55. The minimum Gasteiger partial charge on any atom is -0.236 e. The maximum absolute atomic E-state index is 13.3. The molecule has 29 heavy (non-hydrogen) atoms. The molecule has 0 unspecified atom stereocenters. The molecule has 0 aliphatic heterocycles. The Kier molecular flexibility index (Phi) is 4.89. The van der Waals surface area contributed by atoms with Crippen LogP contribution in [-0.4, -0.2) is 34.4 Å². The zero-order valence-electron chi connectivity index (χ0n) is 14.3. The third-order valence-corrected chi connectivity index (χ3v) is 4.80. The molecule has 1 aromatic carbocycles. The van der Waals surface area contributed by atoms with Gasteiger partial charge in [0, 0.05) is 18.0 Å². The standard InChI is InChI=1S/C16H10F6N4O2S/c1-29(27,28)9-6-7-12(23-8-9)26-13(24-14(25-26)16(20,21)22)10-4-2-3-5-11(10)15(17,18)19/h2-8H,1H3. The number of nitrogens with zero attached hydrogens (tertiary/aromatic N) is 4. The summed E-state index contributed by atoms with van der Waals surface area (Å²) in [5, 5.41) is 3.24. The van der Waals surface area contributed by atoms with Crippen LogP contribution in [0, 0.1) is 0 Å². The first-order chi connectivity index (χ1) is 13.3. The average Bonchev–Trinajstić information content (AvgIpc) is 3.06. The van der Waals surface area contributed by atoms with Gasteiger partial charge in [-0.3, -0.25) is 0 Å². The molecule has 3 aromatic rings. The first-order valence-electron chi connectivity index (χ1n) is 7.66. The van der Waals surface area contributed by atoms with Crippen molar-refractivity contribution in [2.75, 3.05) is 6.26 Å². The fraction of sp³-hybridized carbons (Fsp3) is 0.188. The number of aromatic nitrogens is 4. The maximum Gasteiger partial charge on any atom is 0.453 e. The highest BCUT2D eigenvalue weighted by atomic mass is 32.2. The summed E-state index contributed by atoms with van der Waals surface area (Å²) in [5.74, 6) is -2.75. The van der Waals surface area contributed by atoms with Crippen LogP contribution >= 0.6 is 0 Å². The molecule has 0 radical (unpaired) electrons. The van der Waals surface area contributed by atoms with E-state index in [1.54, 1.807) is 0 Å². The van der Waals surface area contributed by atoms with Crippen LogP contribution < -0.4 is 0 Å². The van der Waals surface area contributed by atoms with E-state index >= 15 is 0 Å². The summed E-state index contributed by atoms with van der Waals surface area (Å²) in [6.45, 7) is 0. The second-order valence-electron chi connectivity index (χ2n) is 5.84. The quantitative estimate of drug-likeness (QED) is 0.585. The van der Waals surface area contributed by atoms with E-state index in [-0.39, 0.29) is 10.7 Å². The lowest BCUT2D eigenvalue weighted by Crippen LogP contribution is -2.10. The third-order valence-electron chi connectivity index (χ3n) is 3.70. The highest BCUT2D eigenvalue weighted by Crippen LogP contribution is 2.38. The molecule has 0 saturated heterocycles. The monoisotopic (exact) mass is 436 g/mol. The molecule has 0 aliphatic rings. The van der Waals surface area contributed by atoms with Gasteiger partial charge in [0.15, 0.2) is 21.5 Å². The van der Waals surface area contributed by atoms with Gasteiger partial charge >= 0.3 is 12.4 Å². The molecule has 0 fully saturated rings. The van der Waals surface area contributed by atoms with Gasteiger partial charge in [0.05, 0.1) is 10.5 Å². The van der Waals surface area contributed by atoms with Gasteiger partial charge in [-0.25, -0.2) is 18.4 Å². The number of pyridine rings is 1. The Morgan fingerprint density at radius 2 is 1.59 bits per heavy atom. The van der Waals surface area contributed by atoms with E-state index in [1.165, 1.54) is 6.07 Å². The van der Waals surface area contributed by atoms with Crippen molar-refractivity contribution in [3.8, 4) is 17.2 Å². The molecule has 0 bridgehead atoms. The second kappa shape index (κ2) is 6.83. The molecule has 0 amide bonds. The summed E-state index contributed by atoms with van der Waals surface area (Å²) >= 11 is 0. The predicted octanol–water partition coefficient (Wildman–Crippen LogP) is 3.77. The van der Waals surface area contributed by atoms with Crippen molar-refractivity contribution in [2.45, 2.75) is 17.2 Å². The summed E-state index contributed by atoms with van der Waals surface area (Å²) in [6, 6.07) is 6.00. The minimum atomic E-state index is -5.03. The molecule has 0 N–H and O–H groups in total. The van der Waals surface area contributed by atoms with Crippen molar-refractivity contribution in [1.82, 2.24) is 19.7 Å². The molecule has 6 nitrogen and oxygen atoms in total. The number of hydrogen-bond acceptors (Lipinski definition) is 5. The van der Waals surface area contributed by atoms with Gasteiger partial charge in [-0.15, -0.1) is 5.10 Å². The summed E-state index contributed by atoms with van der Waals surface area (Å²) in [5.41, 5.74) is -1.85. The van der Waals surface area contributed by atoms with E-state index in [2.05, 4.69) is 15.1 Å². The Labute approximate surface area is 159 Å². The van der Waals surface area contributed by atoms with Crippen molar-refractivity contribution in [2.24, 2.45) is 0 Å². The van der Waals surface area contributed by atoms with Gasteiger partial charge in [-0.2, -0.15) is 31.0 Å². The fourth-order valence-electron chi connectivity index (χ4n) is 2.41. The van der Waals surface area contributed by atoms with Gasteiger partial charge < -0.3 is 0 Å². The van der Waals surface area contributed by atoms with E-state index in [1.807, 2.05) is 0 Å². The normalized spacial score (nSPS) is 12.9. The zero-order chi connectivity index (χ0) is 21.6. The molecule has 3 rings (SSSR count). The highest BCUT2D eigenvalue weighted by Gasteiger charge is 2.40. The van der Waals surface area contributed by atoms with Crippen LogP contribution in [0.15, 0.2) is 47.5 Å². The Hall–Kier alpha value is -2.96. The van der Waals surface area contributed by atoms with Crippen molar-refractivity contribution in [1.29, 1.82) is 0 Å². The zero-order valence-corrected chi connectivity index (χ0v) is 15.1. The van der Waals surface area contributed by atoms with E-state index in [0.29, 0.717) is 10.7 Å². The first kappa shape index (κ1) is 20.8.